The molecule has 1 heterocycles. The van der Waals surface area contributed by atoms with E-state index in [1.165, 1.54) is 0 Å². The van der Waals surface area contributed by atoms with E-state index in [0.29, 0.717) is 12.4 Å². The van der Waals surface area contributed by atoms with Crippen molar-refractivity contribution in [2.45, 2.75) is 10.2 Å². The fraction of sp³-hybridized carbons (Fsp3) is 0.333. The molecule has 0 spiro atoms. The lowest BCUT2D eigenvalue weighted by atomic mass is 10.3. The Morgan fingerprint density at radius 2 is 2.08 bits per heavy atom. The number of aliphatic hydroxyl groups is 1. The SMILES string of the molecule is OC(I)C1COc2ccccc2O1. The molecule has 3 nitrogen and oxygen atoms in total. The summed E-state index contributed by atoms with van der Waals surface area (Å²) in [4.78, 5) is 0. The zero-order valence-electron chi connectivity index (χ0n) is 6.81. The number of ether oxygens (including phenoxy) is 2. The lowest BCUT2D eigenvalue weighted by molar-refractivity contribution is 0.0371. The van der Waals surface area contributed by atoms with Gasteiger partial charge in [-0.25, -0.2) is 0 Å². The highest BCUT2D eigenvalue weighted by Crippen LogP contribution is 2.32. The Hall–Kier alpha value is -0.490. The number of alkyl halides is 1. The van der Waals surface area contributed by atoms with Gasteiger partial charge in [0.25, 0.3) is 0 Å². The minimum atomic E-state index is -0.536. The summed E-state index contributed by atoms with van der Waals surface area (Å²) < 4.78 is 10.4. The Balaban J connectivity index is 2.20. The van der Waals surface area contributed by atoms with E-state index in [-0.39, 0.29) is 6.10 Å². The molecule has 0 saturated carbocycles. The highest BCUT2D eigenvalue weighted by Gasteiger charge is 2.25. The number of benzene rings is 1. The number of hydrogen-bond acceptors (Lipinski definition) is 3. The first-order valence-corrected chi connectivity index (χ1v) is 5.22. The fourth-order valence-electron chi connectivity index (χ4n) is 1.17. The van der Waals surface area contributed by atoms with E-state index in [4.69, 9.17) is 9.47 Å². The molecule has 1 N–H and O–H groups in total. The van der Waals surface area contributed by atoms with Gasteiger partial charge in [0.05, 0.1) is 0 Å². The molecule has 2 rings (SSSR count). The van der Waals surface area contributed by atoms with E-state index in [9.17, 15) is 5.11 Å². The summed E-state index contributed by atoms with van der Waals surface area (Å²) in [6.45, 7) is 0.404. The third-order valence-corrected chi connectivity index (χ3v) is 2.64. The van der Waals surface area contributed by atoms with Gasteiger partial charge < -0.3 is 14.6 Å². The topological polar surface area (TPSA) is 38.7 Å². The maximum Gasteiger partial charge on any atom is 0.168 e. The Kier molecular flexibility index (Phi) is 2.59. The summed E-state index contributed by atoms with van der Waals surface area (Å²) >= 11 is 1.91. The smallest absolute Gasteiger partial charge is 0.168 e. The van der Waals surface area contributed by atoms with Gasteiger partial charge in [-0.2, -0.15) is 0 Å². The molecule has 1 aliphatic heterocycles. The lowest BCUT2D eigenvalue weighted by Gasteiger charge is -2.27. The fourth-order valence-corrected chi connectivity index (χ4v) is 1.53. The van der Waals surface area contributed by atoms with E-state index in [1.54, 1.807) is 0 Å². The zero-order chi connectivity index (χ0) is 9.26. The highest BCUT2D eigenvalue weighted by atomic mass is 127. The van der Waals surface area contributed by atoms with E-state index in [1.807, 2.05) is 46.9 Å². The van der Waals surface area contributed by atoms with Gasteiger partial charge in [-0.05, 0) is 34.7 Å². The maximum absolute atomic E-state index is 9.28. The predicted molar refractivity (Wildman–Crippen MR) is 56.4 cm³/mol. The number of fused-ring (bicyclic) bond motifs is 1. The summed E-state index contributed by atoms with van der Waals surface area (Å²) in [6, 6.07) is 7.46. The van der Waals surface area contributed by atoms with Crippen molar-refractivity contribution in [1.29, 1.82) is 0 Å². The molecule has 0 aromatic heterocycles. The van der Waals surface area contributed by atoms with Crippen LogP contribution in [0.4, 0.5) is 0 Å². The predicted octanol–water partition coefficient (Wildman–Crippen LogP) is 1.58. The van der Waals surface area contributed by atoms with Crippen LogP contribution in [0.5, 0.6) is 11.5 Å². The number of aliphatic hydroxyl groups excluding tert-OH is 1. The summed E-state index contributed by atoms with van der Waals surface area (Å²) in [5.41, 5.74) is 0. The Bertz CT molecular complexity index is 301. The minimum absolute atomic E-state index is 0.268. The van der Waals surface area contributed by atoms with Gasteiger partial charge in [0.2, 0.25) is 0 Å². The quantitative estimate of drug-likeness (QED) is 0.631. The third-order valence-electron chi connectivity index (χ3n) is 1.84. The minimum Gasteiger partial charge on any atom is -0.486 e. The van der Waals surface area contributed by atoms with Crippen molar-refractivity contribution in [2.24, 2.45) is 0 Å². The summed E-state index contributed by atoms with van der Waals surface area (Å²) in [5.74, 6) is 1.45. The molecule has 4 heteroatoms. The van der Waals surface area contributed by atoms with E-state index in [0.717, 1.165) is 5.75 Å². The van der Waals surface area contributed by atoms with Crippen LogP contribution in [-0.2, 0) is 0 Å². The summed E-state index contributed by atoms with van der Waals surface area (Å²) in [6.07, 6.45) is -0.268. The highest BCUT2D eigenvalue weighted by molar-refractivity contribution is 14.1. The molecule has 13 heavy (non-hydrogen) atoms. The third kappa shape index (κ3) is 1.88. The molecular formula is C9H9IO3. The van der Waals surface area contributed by atoms with Crippen molar-refractivity contribution < 1.29 is 14.6 Å². The Morgan fingerprint density at radius 3 is 2.77 bits per heavy atom. The van der Waals surface area contributed by atoms with Crippen molar-refractivity contribution >= 4 is 22.6 Å². The Labute approximate surface area is 89.8 Å². The van der Waals surface area contributed by atoms with Crippen LogP contribution < -0.4 is 9.47 Å². The van der Waals surface area contributed by atoms with Crippen LogP contribution in [0.15, 0.2) is 24.3 Å². The molecule has 70 valence electrons. The number of rotatable bonds is 1. The summed E-state index contributed by atoms with van der Waals surface area (Å²) in [7, 11) is 0. The van der Waals surface area contributed by atoms with Crippen LogP contribution in [0, 0.1) is 0 Å². The standard InChI is InChI=1S/C9H9IO3/c10-9(11)8-5-12-6-3-1-2-4-7(6)13-8/h1-4,8-9,11H,5H2. The van der Waals surface area contributed by atoms with Crippen LogP contribution in [0.3, 0.4) is 0 Å². The Morgan fingerprint density at radius 1 is 1.38 bits per heavy atom. The van der Waals surface area contributed by atoms with Gasteiger partial charge >= 0.3 is 0 Å². The van der Waals surface area contributed by atoms with Crippen LogP contribution in [0.1, 0.15) is 0 Å². The van der Waals surface area contributed by atoms with Crippen LogP contribution in [0.2, 0.25) is 0 Å². The molecule has 2 atom stereocenters. The molecule has 2 unspecified atom stereocenters. The van der Waals surface area contributed by atoms with Gasteiger partial charge in [0.1, 0.15) is 10.7 Å². The summed E-state index contributed by atoms with van der Waals surface area (Å²) in [5, 5.41) is 9.28. The zero-order valence-corrected chi connectivity index (χ0v) is 8.97. The monoisotopic (exact) mass is 292 g/mol. The lowest BCUT2D eigenvalue weighted by Crippen LogP contribution is -2.36. The van der Waals surface area contributed by atoms with Crippen LogP contribution in [-0.4, -0.2) is 21.9 Å². The van der Waals surface area contributed by atoms with E-state index in [2.05, 4.69) is 0 Å². The first-order valence-electron chi connectivity index (χ1n) is 3.98. The van der Waals surface area contributed by atoms with Gasteiger partial charge in [-0.15, -0.1) is 0 Å². The van der Waals surface area contributed by atoms with Crippen molar-refractivity contribution in [1.82, 2.24) is 0 Å². The second-order valence-electron chi connectivity index (χ2n) is 2.79. The maximum atomic E-state index is 9.28. The molecule has 0 bridgehead atoms. The van der Waals surface area contributed by atoms with Crippen molar-refractivity contribution in [3.63, 3.8) is 0 Å². The van der Waals surface area contributed by atoms with Gasteiger partial charge in [-0.1, -0.05) is 12.1 Å². The molecule has 1 aromatic rings. The first kappa shape index (κ1) is 9.08. The second kappa shape index (κ2) is 3.71. The molecule has 0 aliphatic carbocycles. The van der Waals surface area contributed by atoms with Crippen molar-refractivity contribution in [3.05, 3.63) is 24.3 Å². The van der Waals surface area contributed by atoms with Crippen LogP contribution in [0.25, 0.3) is 0 Å². The number of halogens is 1. The molecular weight excluding hydrogens is 283 g/mol. The number of para-hydroxylation sites is 2. The van der Waals surface area contributed by atoms with Crippen LogP contribution >= 0.6 is 22.6 Å². The van der Waals surface area contributed by atoms with Gasteiger partial charge in [0, 0.05) is 0 Å². The average molecular weight is 292 g/mol. The van der Waals surface area contributed by atoms with Gasteiger partial charge in [0.15, 0.2) is 17.6 Å². The normalized spacial score (nSPS) is 22.5. The van der Waals surface area contributed by atoms with Gasteiger partial charge in [-0.3, -0.25) is 0 Å². The molecule has 1 aromatic carbocycles. The van der Waals surface area contributed by atoms with E-state index < -0.39 is 4.11 Å². The van der Waals surface area contributed by atoms with E-state index >= 15 is 0 Å². The van der Waals surface area contributed by atoms with Crippen molar-refractivity contribution in [3.8, 4) is 11.5 Å². The molecule has 0 fully saturated rings. The largest absolute Gasteiger partial charge is 0.486 e. The van der Waals surface area contributed by atoms with Crippen molar-refractivity contribution in [2.75, 3.05) is 6.61 Å². The molecule has 0 radical (unpaired) electrons. The molecule has 0 amide bonds. The molecule has 1 aliphatic rings. The first-order chi connectivity index (χ1) is 6.27. The second-order valence-corrected chi connectivity index (χ2v) is 4.06. The molecule has 0 saturated heterocycles. The number of hydrogen-bond donors (Lipinski definition) is 1. The average Bonchev–Trinajstić information content (AvgIpc) is 2.17.